The summed E-state index contributed by atoms with van der Waals surface area (Å²) in [6.45, 7) is 2.04. The van der Waals surface area contributed by atoms with Crippen LogP contribution in [0.25, 0.3) is 11.3 Å². The first-order valence-corrected chi connectivity index (χ1v) is 12.9. The second-order valence-electron chi connectivity index (χ2n) is 9.78. The molecule has 4 rings (SSSR count). The number of aromatic nitrogens is 2. The predicted octanol–water partition coefficient (Wildman–Crippen LogP) is 5.04. The topological polar surface area (TPSA) is 70.6 Å². The Morgan fingerprint density at radius 3 is 2.49 bits per heavy atom. The van der Waals surface area contributed by atoms with Gasteiger partial charge in [0.2, 0.25) is 11.8 Å². The molecule has 0 bridgehead atoms. The van der Waals surface area contributed by atoms with Gasteiger partial charge in [0, 0.05) is 38.6 Å². The third-order valence-electron chi connectivity index (χ3n) is 7.07. The Labute approximate surface area is 231 Å². The standard InChI is InChI=1S/C28H31ClF3N5O2/c1-36(2)16-13-34-26(38)27(20-6-8-23(35-18-20)21-5-4-12-33-25(21)39-3)10-14-37(15-11-27)24-9-7-19(17-22(24)29)28(30,31)32/h4-9,12,17-18H,10-11,13-16H2,1-3H3,(H,34,38). The second-order valence-corrected chi connectivity index (χ2v) is 10.2. The van der Waals surface area contributed by atoms with E-state index >= 15 is 0 Å². The summed E-state index contributed by atoms with van der Waals surface area (Å²) in [7, 11) is 5.41. The highest BCUT2D eigenvalue weighted by molar-refractivity contribution is 6.33. The number of anilines is 1. The van der Waals surface area contributed by atoms with E-state index in [1.54, 1.807) is 25.6 Å². The van der Waals surface area contributed by atoms with E-state index in [4.69, 9.17) is 16.3 Å². The molecule has 1 amide bonds. The number of hydrogen-bond acceptors (Lipinski definition) is 6. The number of hydrogen-bond donors (Lipinski definition) is 1. The Morgan fingerprint density at radius 1 is 1.15 bits per heavy atom. The molecule has 11 heteroatoms. The molecule has 39 heavy (non-hydrogen) atoms. The lowest BCUT2D eigenvalue weighted by atomic mass is 9.72. The van der Waals surface area contributed by atoms with Crippen LogP contribution in [0.3, 0.4) is 0 Å². The molecule has 3 aromatic rings. The third kappa shape index (κ3) is 6.28. The van der Waals surface area contributed by atoms with Gasteiger partial charge in [0.25, 0.3) is 0 Å². The van der Waals surface area contributed by atoms with E-state index in [-0.39, 0.29) is 10.9 Å². The monoisotopic (exact) mass is 561 g/mol. The number of halogens is 4. The summed E-state index contributed by atoms with van der Waals surface area (Å²) in [5, 5.41) is 3.10. The first-order chi connectivity index (χ1) is 18.5. The summed E-state index contributed by atoms with van der Waals surface area (Å²) in [4.78, 5) is 26.5. The van der Waals surface area contributed by atoms with Gasteiger partial charge >= 0.3 is 6.18 Å². The average molecular weight is 562 g/mol. The first-order valence-electron chi connectivity index (χ1n) is 12.6. The highest BCUT2D eigenvalue weighted by Crippen LogP contribution is 2.41. The van der Waals surface area contributed by atoms with E-state index in [9.17, 15) is 18.0 Å². The van der Waals surface area contributed by atoms with Crippen molar-refractivity contribution in [3.8, 4) is 17.1 Å². The van der Waals surface area contributed by atoms with Gasteiger partial charge in [0.1, 0.15) is 0 Å². The van der Waals surface area contributed by atoms with Crippen molar-refractivity contribution in [1.29, 1.82) is 0 Å². The van der Waals surface area contributed by atoms with E-state index in [0.29, 0.717) is 56.3 Å². The highest BCUT2D eigenvalue weighted by Gasteiger charge is 2.43. The van der Waals surface area contributed by atoms with Gasteiger partial charge in [-0.1, -0.05) is 17.7 Å². The van der Waals surface area contributed by atoms with E-state index in [1.165, 1.54) is 6.07 Å². The van der Waals surface area contributed by atoms with E-state index in [0.717, 1.165) is 23.3 Å². The van der Waals surface area contributed by atoms with Gasteiger partial charge in [-0.15, -0.1) is 0 Å². The van der Waals surface area contributed by atoms with Crippen LogP contribution in [0.5, 0.6) is 5.88 Å². The van der Waals surface area contributed by atoms with Gasteiger partial charge in [0.05, 0.1) is 40.1 Å². The van der Waals surface area contributed by atoms with Gasteiger partial charge in [-0.05, 0) is 68.9 Å². The lowest BCUT2D eigenvalue weighted by molar-refractivity contribution is -0.137. The van der Waals surface area contributed by atoms with Crippen LogP contribution in [-0.4, -0.2) is 68.2 Å². The minimum absolute atomic E-state index is 0.0317. The molecule has 1 aliphatic heterocycles. The zero-order valence-corrected chi connectivity index (χ0v) is 22.8. The zero-order chi connectivity index (χ0) is 28.2. The number of methoxy groups -OCH3 is 1. The summed E-state index contributed by atoms with van der Waals surface area (Å²) in [5.41, 5.74) is 1.05. The number of carbonyl (C=O) groups excluding carboxylic acids is 1. The molecule has 0 spiro atoms. The average Bonchev–Trinajstić information content (AvgIpc) is 2.92. The number of nitrogens with zero attached hydrogens (tertiary/aromatic N) is 4. The maximum atomic E-state index is 13.7. The van der Waals surface area contributed by atoms with E-state index in [1.807, 2.05) is 42.1 Å². The Bertz CT molecular complexity index is 1290. The van der Waals surface area contributed by atoms with Crippen LogP contribution in [-0.2, 0) is 16.4 Å². The molecule has 1 saturated heterocycles. The smallest absolute Gasteiger partial charge is 0.416 e. The number of rotatable bonds is 8. The molecule has 1 aliphatic rings. The van der Waals surface area contributed by atoms with E-state index < -0.39 is 17.2 Å². The first kappa shape index (κ1) is 28.6. The van der Waals surface area contributed by atoms with E-state index in [2.05, 4.69) is 15.3 Å². The molecule has 1 aromatic carbocycles. The fourth-order valence-electron chi connectivity index (χ4n) is 4.86. The highest BCUT2D eigenvalue weighted by atomic mass is 35.5. The number of amides is 1. The number of ether oxygens (including phenoxy) is 1. The summed E-state index contributed by atoms with van der Waals surface area (Å²) in [6.07, 6.45) is -0.234. The number of alkyl halides is 3. The van der Waals surface area contributed by atoms with Crippen molar-refractivity contribution in [3.05, 3.63) is 71.0 Å². The summed E-state index contributed by atoms with van der Waals surface area (Å²) >= 11 is 6.27. The fourth-order valence-corrected chi connectivity index (χ4v) is 5.16. The maximum absolute atomic E-state index is 13.7. The Balaban J connectivity index is 1.60. The normalized spacial score (nSPS) is 15.3. The molecule has 208 valence electrons. The molecule has 3 heterocycles. The fraction of sp³-hybridized carbons (Fsp3) is 0.393. The minimum Gasteiger partial charge on any atom is -0.481 e. The van der Waals surface area contributed by atoms with Gasteiger partial charge in [0.15, 0.2) is 0 Å². The molecule has 0 aliphatic carbocycles. The molecule has 0 atom stereocenters. The van der Waals surface area contributed by atoms with Gasteiger partial charge in [-0.25, -0.2) is 4.98 Å². The van der Waals surface area contributed by atoms with Crippen molar-refractivity contribution in [2.45, 2.75) is 24.4 Å². The second kappa shape index (κ2) is 11.8. The number of piperidine rings is 1. The summed E-state index contributed by atoms with van der Waals surface area (Å²) in [6, 6.07) is 10.8. The number of carbonyl (C=O) groups is 1. The van der Waals surface area contributed by atoms with Gasteiger partial charge in [-0.3, -0.25) is 9.78 Å². The molecular weight excluding hydrogens is 531 g/mol. The SMILES string of the molecule is COc1ncccc1-c1ccc(C2(C(=O)NCCN(C)C)CCN(c3ccc(C(F)(F)F)cc3Cl)CC2)cn1. The minimum atomic E-state index is -4.47. The quantitative estimate of drug-likeness (QED) is 0.415. The Kier molecular flexibility index (Phi) is 8.66. The number of benzene rings is 1. The van der Waals surface area contributed by atoms with Crippen molar-refractivity contribution >= 4 is 23.2 Å². The zero-order valence-electron chi connectivity index (χ0n) is 22.1. The number of likely N-dealkylation sites (N-methyl/N-ethyl adjacent to an activating group) is 1. The molecule has 7 nitrogen and oxygen atoms in total. The maximum Gasteiger partial charge on any atom is 0.416 e. The number of pyridine rings is 2. The van der Waals surface area contributed by atoms with Crippen LogP contribution in [0.2, 0.25) is 5.02 Å². The van der Waals surface area contributed by atoms with Crippen LogP contribution >= 0.6 is 11.6 Å². The lowest BCUT2D eigenvalue weighted by Gasteiger charge is -2.42. The molecule has 0 unspecified atom stereocenters. The van der Waals surface area contributed by atoms with Gasteiger partial charge < -0.3 is 19.9 Å². The summed E-state index contributed by atoms with van der Waals surface area (Å²) in [5.74, 6) is 0.353. The molecule has 2 aromatic heterocycles. The predicted molar refractivity (Wildman–Crippen MR) is 145 cm³/mol. The van der Waals surface area contributed by atoms with Crippen LogP contribution in [0.15, 0.2) is 54.9 Å². The van der Waals surface area contributed by atoms with Crippen molar-refractivity contribution in [2.75, 3.05) is 52.3 Å². The van der Waals surface area contributed by atoms with Crippen molar-refractivity contribution in [1.82, 2.24) is 20.2 Å². The van der Waals surface area contributed by atoms with Crippen LogP contribution in [0, 0.1) is 0 Å². The van der Waals surface area contributed by atoms with Gasteiger partial charge in [-0.2, -0.15) is 13.2 Å². The summed E-state index contributed by atoms with van der Waals surface area (Å²) < 4.78 is 44.7. The Morgan fingerprint density at radius 2 is 1.90 bits per heavy atom. The molecule has 0 radical (unpaired) electrons. The molecule has 1 N–H and O–H groups in total. The van der Waals surface area contributed by atoms with Crippen molar-refractivity contribution in [2.24, 2.45) is 0 Å². The lowest BCUT2D eigenvalue weighted by Crippen LogP contribution is -2.52. The van der Waals surface area contributed by atoms with Crippen molar-refractivity contribution < 1.29 is 22.7 Å². The third-order valence-corrected chi connectivity index (χ3v) is 7.37. The van der Waals surface area contributed by atoms with Crippen LogP contribution in [0.1, 0.15) is 24.0 Å². The molecular formula is C28H31ClF3N5O2. The molecule has 0 saturated carbocycles. The Hall–Kier alpha value is -3.37. The van der Waals surface area contributed by atoms with Crippen LogP contribution in [0.4, 0.5) is 18.9 Å². The molecule has 1 fully saturated rings. The van der Waals surface area contributed by atoms with Crippen molar-refractivity contribution in [3.63, 3.8) is 0 Å². The number of nitrogens with one attached hydrogen (secondary N) is 1. The largest absolute Gasteiger partial charge is 0.481 e. The van der Waals surface area contributed by atoms with Crippen LogP contribution < -0.4 is 15.0 Å².